The quantitative estimate of drug-likeness (QED) is 0.725. The monoisotopic (exact) mass is 227 g/mol. The smallest absolute Gasteiger partial charge is 0.326 e. The van der Waals surface area contributed by atoms with Gasteiger partial charge in [-0.1, -0.05) is 0 Å². The molecule has 1 aliphatic carbocycles. The van der Waals surface area contributed by atoms with Gasteiger partial charge in [-0.3, -0.25) is 9.59 Å². The number of hydrogen-bond acceptors (Lipinski definition) is 3. The Bertz CT molecular complexity index is 300. The van der Waals surface area contributed by atoms with Gasteiger partial charge in [-0.2, -0.15) is 0 Å². The Morgan fingerprint density at radius 2 is 2.25 bits per heavy atom. The van der Waals surface area contributed by atoms with Crippen LogP contribution < -0.4 is 5.32 Å². The molecule has 1 amide bonds. The van der Waals surface area contributed by atoms with Crippen LogP contribution in [-0.2, 0) is 14.4 Å². The molecule has 0 heterocycles. The van der Waals surface area contributed by atoms with Crippen LogP contribution >= 0.6 is 0 Å². The van der Waals surface area contributed by atoms with E-state index in [9.17, 15) is 14.4 Å². The van der Waals surface area contributed by atoms with Crippen LogP contribution in [-0.4, -0.2) is 28.8 Å². The van der Waals surface area contributed by atoms with Gasteiger partial charge in [-0.25, -0.2) is 4.79 Å². The second-order valence-corrected chi connectivity index (χ2v) is 4.22. The lowest BCUT2D eigenvalue weighted by molar-refractivity contribution is -0.142. The summed E-state index contributed by atoms with van der Waals surface area (Å²) in [5, 5.41) is 11.2. The highest BCUT2D eigenvalue weighted by Gasteiger charge is 2.27. The van der Waals surface area contributed by atoms with Gasteiger partial charge >= 0.3 is 5.97 Å². The number of nitrogens with one attached hydrogen (secondary N) is 1. The fourth-order valence-electron chi connectivity index (χ4n) is 2.06. The molecule has 2 unspecified atom stereocenters. The number of carbonyl (C=O) groups excluding carboxylic acids is 2. The van der Waals surface area contributed by atoms with E-state index >= 15 is 0 Å². The van der Waals surface area contributed by atoms with Crippen LogP contribution in [0.1, 0.15) is 39.0 Å². The molecule has 0 aromatic heterocycles. The van der Waals surface area contributed by atoms with E-state index in [1.165, 1.54) is 6.92 Å². The summed E-state index contributed by atoms with van der Waals surface area (Å²) in [7, 11) is 0. The van der Waals surface area contributed by atoms with Crippen LogP contribution in [0.2, 0.25) is 0 Å². The molecule has 5 heteroatoms. The fourth-order valence-corrected chi connectivity index (χ4v) is 2.06. The van der Waals surface area contributed by atoms with Gasteiger partial charge in [0.05, 0.1) is 0 Å². The fraction of sp³-hybridized carbons (Fsp3) is 0.727. The van der Waals surface area contributed by atoms with Crippen molar-refractivity contribution in [2.75, 3.05) is 0 Å². The van der Waals surface area contributed by atoms with Gasteiger partial charge < -0.3 is 10.4 Å². The Balaban J connectivity index is 2.40. The highest BCUT2D eigenvalue weighted by molar-refractivity contribution is 5.83. The van der Waals surface area contributed by atoms with Crippen LogP contribution in [0.3, 0.4) is 0 Å². The maximum Gasteiger partial charge on any atom is 0.326 e. The number of carboxylic acids is 1. The van der Waals surface area contributed by atoms with Gasteiger partial charge in [0.15, 0.2) is 0 Å². The van der Waals surface area contributed by atoms with Crippen molar-refractivity contribution in [2.45, 2.75) is 45.1 Å². The number of amides is 1. The molecule has 1 aliphatic rings. The SMILES string of the molecule is CC(=O)NC(CCC1CCCC1=O)C(=O)O. The third kappa shape index (κ3) is 3.64. The van der Waals surface area contributed by atoms with Crippen molar-refractivity contribution in [3.8, 4) is 0 Å². The van der Waals surface area contributed by atoms with E-state index in [2.05, 4.69) is 5.32 Å². The number of ketones is 1. The van der Waals surface area contributed by atoms with E-state index in [0.29, 0.717) is 19.3 Å². The van der Waals surface area contributed by atoms with Crippen molar-refractivity contribution < 1.29 is 19.5 Å². The van der Waals surface area contributed by atoms with Crippen LogP contribution in [0.15, 0.2) is 0 Å². The number of aliphatic carboxylic acids is 1. The second kappa shape index (κ2) is 5.63. The maximum atomic E-state index is 11.3. The number of carboxylic acid groups (broad SMARTS) is 1. The first-order chi connectivity index (χ1) is 7.50. The predicted molar refractivity (Wildman–Crippen MR) is 56.8 cm³/mol. The molecule has 0 spiro atoms. The zero-order chi connectivity index (χ0) is 12.1. The van der Waals surface area contributed by atoms with Crippen molar-refractivity contribution in [3.63, 3.8) is 0 Å². The summed E-state index contributed by atoms with van der Waals surface area (Å²) >= 11 is 0. The zero-order valence-electron chi connectivity index (χ0n) is 9.36. The normalized spacial score (nSPS) is 21.8. The summed E-state index contributed by atoms with van der Waals surface area (Å²) in [6.45, 7) is 1.29. The number of hydrogen-bond donors (Lipinski definition) is 2. The van der Waals surface area contributed by atoms with E-state index in [4.69, 9.17) is 5.11 Å². The molecule has 16 heavy (non-hydrogen) atoms. The molecule has 2 atom stereocenters. The summed E-state index contributed by atoms with van der Waals surface area (Å²) in [6.07, 6.45) is 3.25. The second-order valence-electron chi connectivity index (χ2n) is 4.22. The first-order valence-electron chi connectivity index (χ1n) is 5.53. The van der Waals surface area contributed by atoms with E-state index in [1.807, 2.05) is 0 Å². The first kappa shape index (κ1) is 12.7. The third-order valence-corrected chi connectivity index (χ3v) is 2.91. The lowest BCUT2D eigenvalue weighted by Crippen LogP contribution is -2.39. The van der Waals surface area contributed by atoms with Crippen LogP contribution in [0, 0.1) is 5.92 Å². The molecular weight excluding hydrogens is 210 g/mol. The minimum Gasteiger partial charge on any atom is -0.480 e. The standard InChI is InChI=1S/C11H17NO4/c1-7(13)12-9(11(15)16)6-5-8-3-2-4-10(8)14/h8-9H,2-6H2,1H3,(H,12,13)(H,15,16). The van der Waals surface area contributed by atoms with Crippen molar-refractivity contribution in [1.82, 2.24) is 5.32 Å². The Morgan fingerprint density at radius 1 is 1.56 bits per heavy atom. The summed E-state index contributed by atoms with van der Waals surface area (Å²) in [5.41, 5.74) is 0. The van der Waals surface area contributed by atoms with Crippen LogP contribution in [0.25, 0.3) is 0 Å². The molecule has 0 bridgehead atoms. The molecule has 1 fully saturated rings. The molecule has 1 rings (SSSR count). The lowest BCUT2D eigenvalue weighted by Gasteiger charge is -2.15. The van der Waals surface area contributed by atoms with E-state index < -0.39 is 12.0 Å². The van der Waals surface area contributed by atoms with E-state index in [1.54, 1.807) is 0 Å². The first-order valence-corrected chi connectivity index (χ1v) is 5.53. The topological polar surface area (TPSA) is 83.5 Å². The highest BCUT2D eigenvalue weighted by Crippen LogP contribution is 2.25. The molecule has 0 aliphatic heterocycles. The van der Waals surface area contributed by atoms with Crippen molar-refractivity contribution in [1.29, 1.82) is 0 Å². The summed E-state index contributed by atoms with van der Waals surface area (Å²) in [5.74, 6) is -1.17. The van der Waals surface area contributed by atoms with Gasteiger partial charge in [0.2, 0.25) is 5.91 Å². The maximum absolute atomic E-state index is 11.3. The number of carbonyl (C=O) groups is 3. The largest absolute Gasteiger partial charge is 0.480 e. The van der Waals surface area contributed by atoms with Gasteiger partial charge in [-0.15, -0.1) is 0 Å². The van der Waals surface area contributed by atoms with Gasteiger partial charge in [0, 0.05) is 19.3 Å². The number of rotatable bonds is 5. The third-order valence-electron chi connectivity index (χ3n) is 2.91. The van der Waals surface area contributed by atoms with E-state index in [-0.39, 0.29) is 17.6 Å². The summed E-state index contributed by atoms with van der Waals surface area (Å²) in [6, 6.07) is -0.870. The van der Waals surface area contributed by atoms with E-state index in [0.717, 1.165) is 12.8 Å². The van der Waals surface area contributed by atoms with Gasteiger partial charge in [-0.05, 0) is 25.7 Å². The molecule has 0 aromatic rings. The Labute approximate surface area is 94.2 Å². The molecule has 0 aromatic carbocycles. The molecule has 0 saturated heterocycles. The Hall–Kier alpha value is -1.39. The molecule has 5 nitrogen and oxygen atoms in total. The van der Waals surface area contributed by atoms with Crippen molar-refractivity contribution >= 4 is 17.7 Å². The zero-order valence-corrected chi connectivity index (χ0v) is 9.36. The lowest BCUT2D eigenvalue weighted by atomic mass is 9.97. The molecular formula is C11H17NO4. The Morgan fingerprint density at radius 3 is 2.69 bits per heavy atom. The average Bonchev–Trinajstić information content (AvgIpc) is 2.57. The molecule has 1 saturated carbocycles. The summed E-state index contributed by atoms with van der Waals surface area (Å²) in [4.78, 5) is 32.9. The van der Waals surface area contributed by atoms with Gasteiger partial charge in [0.25, 0.3) is 0 Å². The molecule has 2 N–H and O–H groups in total. The number of Topliss-reactive ketones (excluding diaryl/α,β-unsaturated/α-hetero) is 1. The minimum atomic E-state index is -1.04. The van der Waals surface area contributed by atoms with Gasteiger partial charge in [0.1, 0.15) is 11.8 Å². The van der Waals surface area contributed by atoms with Crippen molar-refractivity contribution in [2.24, 2.45) is 5.92 Å². The minimum absolute atomic E-state index is 0.00407. The molecule has 0 radical (unpaired) electrons. The van der Waals surface area contributed by atoms with Crippen molar-refractivity contribution in [3.05, 3.63) is 0 Å². The average molecular weight is 227 g/mol. The molecule has 90 valence electrons. The summed E-state index contributed by atoms with van der Waals surface area (Å²) < 4.78 is 0. The highest BCUT2D eigenvalue weighted by atomic mass is 16.4. The van der Waals surface area contributed by atoms with Crippen LogP contribution in [0.5, 0.6) is 0 Å². The predicted octanol–water partition coefficient (Wildman–Crippen LogP) is 0.725. The Kier molecular flexibility index (Phi) is 4.46. The van der Waals surface area contributed by atoms with Crippen LogP contribution in [0.4, 0.5) is 0 Å².